The number of hydrogen-bond acceptors (Lipinski definition) is 1. The highest BCUT2D eigenvalue weighted by molar-refractivity contribution is 6.31. The molecular formula is C15H20Cl2N2. The van der Waals surface area contributed by atoms with Crippen molar-refractivity contribution in [2.24, 2.45) is 5.41 Å². The topological polar surface area (TPSA) is 17.8 Å². The van der Waals surface area contributed by atoms with Crippen molar-refractivity contribution in [1.29, 1.82) is 0 Å². The Bertz CT molecular complexity index is 594. The molecule has 0 amide bonds. The van der Waals surface area contributed by atoms with Gasteiger partial charge >= 0.3 is 0 Å². The van der Waals surface area contributed by atoms with Crippen molar-refractivity contribution in [3.05, 3.63) is 29.0 Å². The molecule has 4 heteroatoms. The average molecular weight is 299 g/mol. The molecule has 0 N–H and O–H groups in total. The van der Waals surface area contributed by atoms with Crippen molar-refractivity contribution in [2.45, 2.75) is 46.0 Å². The molecule has 0 saturated heterocycles. The number of imidazole rings is 1. The van der Waals surface area contributed by atoms with Gasteiger partial charge in [0.25, 0.3) is 0 Å². The van der Waals surface area contributed by atoms with Crippen molar-refractivity contribution in [3.8, 4) is 0 Å². The standard InChI is InChI=1S/C15H20Cl2N2/c1-9(16)14-18-12-8-11(17)6-7-13(12)19(14)10(2)15(3,4)5/h6-10H,1-5H3. The Morgan fingerprint density at radius 2 is 1.84 bits per heavy atom. The van der Waals surface area contributed by atoms with Gasteiger partial charge in [0, 0.05) is 11.1 Å². The van der Waals surface area contributed by atoms with Crippen molar-refractivity contribution in [1.82, 2.24) is 9.55 Å². The molecule has 1 heterocycles. The molecule has 19 heavy (non-hydrogen) atoms. The van der Waals surface area contributed by atoms with Gasteiger partial charge in [-0.3, -0.25) is 0 Å². The lowest BCUT2D eigenvalue weighted by molar-refractivity contribution is 0.262. The Morgan fingerprint density at radius 1 is 1.21 bits per heavy atom. The minimum Gasteiger partial charge on any atom is -0.323 e. The SMILES string of the molecule is CC(Cl)c1nc2cc(Cl)ccc2n1C(C)C(C)(C)C. The van der Waals surface area contributed by atoms with E-state index in [2.05, 4.69) is 37.2 Å². The van der Waals surface area contributed by atoms with Crippen LogP contribution in [0.15, 0.2) is 18.2 Å². The molecule has 0 radical (unpaired) electrons. The predicted octanol–water partition coefficient (Wildman–Crippen LogP) is 5.60. The Balaban J connectivity index is 2.72. The maximum atomic E-state index is 6.30. The van der Waals surface area contributed by atoms with E-state index >= 15 is 0 Å². The predicted molar refractivity (Wildman–Crippen MR) is 83.2 cm³/mol. The van der Waals surface area contributed by atoms with Gasteiger partial charge < -0.3 is 4.57 Å². The second-order valence-electron chi connectivity index (χ2n) is 6.13. The number of fused-ring (bicyclic) bond motifs is 1. The van der Waals surface area contributed by atoms with E-state index in [1.54, 1.807) is 0 Å². The zero-order chi connectivity index (χ0) is 14.4. The molecule has 0 saturated carbocycles. The quantitative estimate of drug-likeness (QED) is 0.660. The summed E-state index contributed by atoms with van der Waals surface area (Å²) >= 11 is 12.3. The molecule has 1 aromatic carbocycles. The third-order valence-electron chi connectivity index (χ3n) is 3.68. The molecule has 1 aromatic heterocycles. The summed E-state index contributed by atoms with van der Waals surface area (Å²) in [7, 11) is 0. The number of aromatic nitrogens is 2. The van der Waals surface area contributed by atoms with Gasteiger partial charge in [0.15, 0.2) is 0 Å². The summed E-state index contributed by atoms with van der Waals surface area (Å²) in [5.41, 5.74) is 2.13. The summed E-state index contributed by atoms with van der Waals surface area (Å²) in [5.74, 6) is 0.904. The molecule has 2 unspecified atom stereocenters. The minimum absolute atomic E-state index is 0.129. The van der Waals surface area contributed by atoms with Gasteiger partial charge in [-0.2, -0.15) is 0 Å². The summed E-state index contributed by atoms with van der Waals surface area (Å²) in [4.78, 5) is 4.65. The number of halogens is 2. The molecule has 2 rings (SSSR count). The fourth-order valence-electron chi connectivity index (χ4n) is 2.17. The van der Waals surface area contributed by atoms with Crippen molar-refractivity contribution in [2.75, 3.05) is 0 Å². The van der Waals surface area contributed by atoms with E-state index < -0.39 is 0 Å². The molecule has 2 nitrogen and oxygen atoms in total. The molecular weight excluding hydrogens is 279 g/mol. The Hall–Kier alpha value is -0.730. The molecule has 0 fully saturated rings. The number of alkyl halides is 1. The highest BCUT2D eigenvalue weighted by Gasteiger charge is 2.27. The zero-order valence-corrected chi connectivity index (χ0v) is 13.5. The molecule has 0 aliphatic carbocycles. The average Bonchev–Trinajstić information content (AvgIpc) is 2.64. The Morgan fingerprint density at radius 3 is 2.37 bits per heavy atom. The highest BCUT2D eigenvalue weighted by atomic mass is 35.5. The second-order valence-corrected chi connectivity index (χ2v) is 7.22. The van der Waals surface area contributed by atoms with Crippen LogP contribution in [0.3, 0.4) is 0 Å². The van der Waals surface area contributed by atoms with E-state index in [1.807, 2.05) is 25.1 Å². The van der Waals surface area contributed by atoms with Crippen molar-refractivity contribution >= 4 is 34.2 Å². The van der Waals surface area contributed by atoms with Crippen LogP contribution in [0.2, 0.25) is 5.02 Å². The van der Waals surface area contributed by atoms with Crippen LogP contribution in [0.1, 0.15) is 51.9 Å². The zero-order valence-electron chi connectivity index (χ0n) is 12.0. The minimum atomic E-state index is -0.129. The molecule has 0 aliphatic rings. The second kappa shape index (κ2) is 4.99. The lowest BCUT2D eigenvalue weighted by Gasteiger charge is -2.30. The molecule has 2 atom stereocenters. The Labute approximate surface area is 124 Å². The third kappa shape index (κ3) is 2.75. The maximum Gasteiger partial charge on any atom is 0.127 e. The van der Waals surface area contributed by atoms with Crippen LogP contribution < -0.4 is 0 Å². The summed E-state index contributed by atoms with van der Waals surface area (Å²) < 4.78 is 2.24. The van der Waals surface area contributed by atoms with Crippen LogP contribution in [0.5, 0.6) is 0 Å². The summed E-state index contributed by atoms with van der Waals surface area (Å²) in [6.45, 7) is 10.8. The first-order valence-corrected chi connectivity index (χ1v) is 7.34. The van der Waals surface area contributed by atoms with Gasteiger partial charge in [-0.1, -0.05) is 32.4 Å². The third-order valence-corrected chi connectivity index (χ3v) is 4.11. The first-order chi connectivity index (χ1) is 8.71. The van der Waals surface area contributed by atoms with Crippen LogP contribution in [-0.4, -0.2) is 9.55 Å². The lowest BCUT2D eigenvalue weighted by Crippen LogP contribution is -2.23. The van der Waals surface area contributed by atoms with Gasteiger partial charge in [-0.05, 0) is 37.5 Å². The van der Waals surface area contributed by atoms with Crippen LogP contribution in [0, 0.1) is 5.41 Å². The van der Waals surface area contributed by atoms with Crippen LogP contribution in [0.25, 0.3) is 11.0 Å². The number of nitrogens with zero attached hydrogens (tertiary/aromatic N) is 2. The number of rotatable bonds is 2. The highest BCUT2D eigenvalue weighted by Crippen LogP contribution is 2.37. The Kier molecular flexibility index (Phi) is 3.85. The van der Waals surface area contributed by atoms with E-state index in [9.17, 15) is 0 Å². The first-order valence-electron chi connectivity index (χ1n) is 6.53. The van der Waals surface area contributed by atoms with E-state index in [-0.39, 0.29) is 10.8 Å². The van der Waals surface area contributed by atoms with Crippen molar-refractivity contribution in [3.63, 3.8) is 0 Å². The first kappa shape index (κ1) is 14.7. The summed E-state index contributed by atoms with van der Waals surface area (Å²) in [6.07, 6.45) is 0. The fourth-order valence-corrected chi connectivity index (χ4v) is 2.49. The van der Waals surface area contributed by atoms with Crippen LogP contribution in [0.4, 0.5) is 0 Å². The normalized spacial score (nSPS) is 15.7. The van der Waals surface area contributed by atoms with Crippen LogP contribution >= 0.6 is 23.2 Å². The van der Waals surface area contributed by atoms with E-state index in [0.29, 0.717) is 11.1 Å². The smallest absolute Gasteiger partial charge is 0.127 e. The van der Waals surface area contributed by atoms with Gasteiger partial charge in [-0.15, -0.1) is 11.6 Å². The molecule has 0 bridgehead atoms. The summed E-state index contributed by atoms with van der Waals surface area (Å²) in [6, 6.07) is 6.12. The van der Waals surface area contributed by atoms with E-state index in [4.69, 9.17) is 23.2 Å². The summed E-state index contributed by atoms with van der Waals surface area (Å²) in [5, 5.41) is 0.574. The monoisotopic (exact) mass is 298 g/mol. The van der Waals surface area contributed by atoms with Crippen molar-refractivity contribution < 1.29 is 0 Å². The van der Waals surface area contributed by atoms with Gasteiger partial charge in [-0.25, -0.2) is 4.98 Å². The fraction of sp³-hybridized carbons (Fsp3) is 0.533. The lowest BCUT2D eigenvalue weighted by atomic mass is 9.87. The van der Waals surface area contributed by atoms with Gasteiger partial charge in [0.1, 0.15) is 5.82 Å². The largest absolute Gasteiger partial charge is 0.323 e. The number of benzene rings is 1. The molecule has 2 aromatic rings. The van der Waals surface area contributed by atoms with Gasteiger partial charge in [0.05, 0.1) is 16.4 Å². The van der Waals surface area contributed by atoms with Crippen LogP contribution in [-0.2, 0) is 0 Å². The van der Waals surface area contributed by atoms with Gasteiger partial charge in [0.2, 0.25) is 0 Å². The molecule has 104 valence electrons. The molecule has 0 aliphatic heterocycles. The van der Waals surface area contributed by atoms with E-state index in [1.165, 1.54) is 0 Å². The number of hydrogen-bond donors (Lipinski definition) is 0. The maximum absolute atomic E-state index is 6.30. The molecule has 0 spiro atoms. The van der Waals surface area contributed by atoms with E-state index in [0.717, 1.165) is 16.9 Å².